The minimum atomic E-state index is -3.76. The van der Waals surface area contributed by atoms with Crippen LogP contribution in [0.5, 0.6) is 0 Å². The van der Waals surface area contributed by atoms with Gasteiger partial charge in [-0.05, 0) is 31.5 Å². The molecule has 1 aromatic carbocycles. The van der Waals surface area contributed by atoms with Gasteiger partial charge in [0, 0.05) is 11.6 Å². The summed E-state index contributed by atoms with van der Waals surface area (Å²) in [6.45, 7) is 2.11. The lowest BCUT2D eigenvalue weighted by Crippen LogP contribution is -2.43. The predicted octanol–water partition coefficient (Wildman–Crippen LogP) is 0.670. The highest BCUT2D eigenvalue weighted by atomic mass is 35.5. The highest BCUT2D eigenvalue weighted by molar-refractivity contribution is 7.89. The van der Waals surface area contributed by atoms with Gasteiger partial charge >= 0.3 is 0 Å². The quantitative estimate of drug-likeness (QED) is 0.745. The smallest absolute Gasteiger partial charge is 0.240 e. The number of nitrogens with one attached hydrogen (secondary N) is 1. The molecule has 0 aliphatic carbocycles. The van der Waals surface area contributed by atoms with Crippen LogP contribution in [0.25, 0.3) is 0 Å². The van der Waals surface area contributed by atoms with E-state index in [1.165, 1.54) is 19.1 Å². The van der Waals surface area contributed by atoms with Gasteiger partial charge in [-0.2, -0.15) is 0 Å². The molecule has 0 amide bonds. The number of benzene rings is 1. The second kappa shape index (κ2) is 5.54. The average Bonchev–Trinajstić information content (AvgIpc) is 2.30. The van der Waals surface area contributed by atoms with E-state index in [1.807, 2.05) is 0 Å². The Hall–Kier alpha value is -0.660. The summed E-state index contributed by atoms with van der Waals surface area (Å²) in [5.74, 6) is 0. The molecule has 0 bridgehead atoms. The normalized spacial score (nSPS) is 15.4. The zero-order valence-corrected chi connectivity index (χ0v) is 11.7. The Labute approximate surface area is 111 Å². The molecular formula is C11H16ClNO4S. The first-order valence-electron chi connectivity index (χ1n) is 5.28. The second-order valence-corrected chi connectivity index (χ2v) is 6.49. The molecule has 1 atom stereocenters. The Bertz CT molecular complexity index is 528. The third-order valence-corrected chi connectivity index (χ3v) is 4.45. The summed E-state index contributed by atoms with van der Waals surface area (Å²) >= 11 is 5.86. The highest BCUT2D eigenvalue weighted by Gasteiger charge is 2.24. The van der Waals surface area contributed by atoms with Crippen molar-refractivity contribution in [2.24, 2.45) is 0 Å². The van der Waals surface area contributed by atoms with Crippen molar-refractivity contribution in [2.45, 2.75) is 24.3 Å². The van der Waals surface area contributed by atoms with Crippen LogP contribution in [0.2, 0.25) is 5.02 Å². The SMILES string of the molecule is Cc1c(Cl)cccc1S(=O)(=O)NCC(C)(O)CO. The van der Waals surface area contributed by atoms with Crippen molar-refractivity contribution in [1.29, 1.82) is 0 Å². The first kappa shape index (κ1) is 15.4. The van der Waals surface area contributed by atoms with Crippen LogP contribution in [-0.2, 0) is 10.0 Å². The molecule has 0 aliphatic rings. The lowest BCUT2D eigenvalue weighted by atomic mass is 10.1. The third kappa shape index (κ3) is 3.66. The Morgan fingerprint density at radius 3 is 2.61 bits per heavy atom. The van der Waals surface area contributed by atoms with Gasteiger partial charge in [-0.3, -0.25) is 0 Å². The van der Waals surface area contributed by atoms with Crippen molar-refractivity contribution < 1.29 is 18.6 Å². The molecule has 3 N–H and O–H groups in total. The van der Waals surface area contributed by atoms with E-state index in [1.54, 1.807) is 13.0 Å². The van der Waals surface area contributed by atoms with Crippen molar-refractivity contribution in [3.8, 4) is 0 Å². The lowest BCUT2D eigenvalue weighted by Gasteiger charge is -2.21. The van der Waals surface area contributed by atoms with E-state index in [0.717, 1.165) is 0 Å². The van der Waals surface area contributed by atoms with Gasteiger partial charge in [0.05, 0.1) is 17.1 Å². The van der Waals surface area contributed by atoms with E-state index in [0.29, 0.717) is 10.6 Å². The first-order valence-corrected chi connectivity index (χ1v) is 7.14. The molecule has 0 fully saturated rings. The van der Waals surface area contributed by atoms with Gasteiger partial charge in [-0.25, -0.2) is 13.1 Å². The number of hydrogen-bond donors (Lipinski definition) is 3. The van der Waals surface area contributed by atoms with Crippen LogP contribution < -0.4 is 4.72 Å². The molecule has 0 spiro atoms. The molecule has 7 heteroatoms. The molecule has 0 saturated carbocycles. The molecule has 0 saturated heterocycles. The van der Waals surface area contributed by atoms with Gasteiger partial charge in [0.1, 0.15) is 0 Å². The van der Waals surface area contributed by atoms with Gasteiger partial charge in [0.25, 0.3) is 0 Å². The van der Waals surface area contributed by atoms with Crippen LogP contribution in [0.3, 0.4) is 0 Å². The zero-order valence-electron chi connectivity index (χ0n) is 10.1. The lowest BCUT2D eigenvalue weighted by molar-refractivity contribution is 0.00681. The molecule has 0 heterocycles. The van der Waals surface area contributed by atoms with Crippen LogP contribution in [0.15, 0.2) is 23.1 Å². The van der Waals surface area contributed by atoms with Gasteiger partial charge in [0.15, 0.2) is 0 Å². The topological polar surface area (TPSA) is 86.6 Å². The van der Waals surface area contributed by atoms with Crippen molar-refractivity contribution in [3.05, 3.63) is 28.8 Å². The number of rotatable bonds is 5. The molecule has 18 heavy (non-hydrogen) atoms. The van der Waals surface area contributed by atoms with Crippen molar-refractivity contribution in [1.82, 2.24) is 4.72 Å². The van der Waals surface area contributed by atoms with Crippen LogP contribution in [0, 0.1) is 6.92 Å². The monoisotopic (exact) mass is 293 g/mol. The molecular weight excluding hydrogens is 278 g/mol. The van der Waals surface area contributed by atoms with E-state index in [-0.39, 0.29) is 11.4 Å². The number of sulfonamides is 1. The fourth-order valence-electron chi connectivity index (χ4n) is 1.26. The largest absolute Gasteiger partial charge is 0.393 e. The molecule has 5 nitrogen and oxygen atoms in total. The summed E-state index contributed by atoms with van der Waals surface area (Å²) in [6, 6.07) is 4.56. The average molecular weight is 294 g/mol. The number of halogens is 1. The molecule has 1 unspecified atom stereocenters. The van der Waals surface area contributed by atoms with Gasteiger partial charge < -0.3 is 10.2 Å². The van der Waals surface area contributed by atoms with Crippen molar-refractivity contribution in [2.75, 3.05) is 13.2 Å². The third-order valence-electron chi connectivity index (χ3n) is 2.49. The van der Waals surface area contributed by atoms with E-state index < -0.39 is 22.2 Å². The summed E-state index contributed by atoms with van der Waals surface area (Å²) in [6.07, 6.45) is 0. The maximum absolute atomic E-state index is 12.0. The Balaban J connectivity index is 2.98. The summed E-state index contributed by atoms with van der Waals surface area (Å²) in [5.41, 5.74) is -1.06. The maximum Gasteiger partial charge on any atom is 0.240 e. The highest BCUT2D eigenvalue weighted by Crippen LogP contribution is 2.22. The van der Waals surface area contributed by atoms with E-state index in [4.69, 9.17) is 16.7 Å². The van der Waals surface area contributed by atoms with E-state index in [2.05, 4.69) is 4.72 Å². The van der Waals surface area contributed by atoms with E-state index in [9.17, 15) is 13.5 Å². The Morgan fingerprint density at radius 2 is 2.06 bits per heavy atom. The molecule has 0 aromatic heterocycles. The van der Waals surface area contributed by atoms with Crippen LogP contribution >= 0.6 is 11.6 Å². The minimum Gasteiger partial charge on any atom is -0.393 e. The van der Waals surface area contributed by atoms with Gasteiger partial charge in [-0.1, -0.05) is 17.7 Å². The second-order valence-electron chi connectivity index (χ2n) is 4.34. The van der Waals surface area contributed by atoms with Crippen LogP contribution in [0.4, 0.5) is 0 Å². The van der Waals surface area contributed by atoms with Crippen molar-refractivity contribution >= 4 is 21.6 Å². The Morgan fingerprint density at radius 1 is 1.44 bits per heavy atom. The summed E-state index contributed by atoms with van der Waals surface area (Å²) in [7, 11) is -3.76. The van der Waals surface area contributed by atoms with Gasteiger partial charge in [-0.15, -0.1) is 0 Å². The molecule has 1 aromatic rings. The van der Waals surface area contributed by atoms with Gasteiger partial charge in [0.2, 0.25) is 10.0 Å². The summed E-state index contributed by atoms with van der Waals surface area (Å²) < 4.78 is 26.2. The van der Waals surface area contributed by atoms with Crippen molar-refractivity contribution in [3.63, 3.8) is 0 Å². The molecule has 0 aliphatic heterocycles. The van der Waals surface area contributed by atoms with Crippen LogP contribution in [-0.4, -0.2) is 37.4 Å². The number of aliphatic hydroxyl groups is 2. The zero-order chi connectivity index (χ0) is 14.0. The fraction of sp³-hybridized carbons (Fsp3) is 0.455. The predicted molar refractivity (Wildman–Crippen MR) is 69.1 cm³/mol. The summed E-state index contributed by atoms with van der Waals surface area (Å²) in [5, 5.41) is 18.8. The fourth-order valence-corrected chi connectivity index (χ4v) is 2.92. The van der Waals surface area contributed by atoms with E-state index >= 15 is 0 Å². The minimum absolute atomic E-state index is 0.0590. The summed E-state index contributed by atoms with van der Waals surface area (Å²) in [4.78, 5) is 0.0590. The number of aliphatic hydroxyl groups excluding tert-OH is 1. The molecule has 1 rings (SSSR count). The molecule has 0 radical (unpaired) electrons. The standard InChI is InChI=1S/C11H16ClNO4S/c1-8-9(12)4-3-5-10(8)18(16,17)13-6-11(2,15)7-14/h3-5,13-15H,6-7H2,1-2H3. The molecule has 102 valence electrons. The number of hydrogen-bond acceptors (Lipinski definition) is 4. The van der Waals surface area contributed by atoms with Crippen LogP contribution in [0.1, 0.15) is 12.5 Å². The maximum atomic E-state index is 12.0. The first-order chi connectivity index (χ1) is 8.19. The Kier molecular flexibility index (Phi) is 4.74.